The first-order valence-electron chi connectivity index (χ1n) is 8.19. The zero-order valence-corrected chi connectivity index (χ0v) is 14.6. The van der Waals surface area contributed by atoms with Crippen molar-refractivity contribution in [1.82, 2.24) is 0 Å². The number of nitrogens with zero attached hydrogens (tertiary/aromatic N) is 3. The van der Waals surface area contributed by atoms with Gasteiger partial charge in [0, 0.05) is 5.69 Å². The maximum absolute atomic E-state index is 13.3. The molecule has 0 radical (unpaired) electrons. The first-order chi connectivity index (χ1) is 12.8. The average Bonchev–Trinajstić information content (AvgIpc) is 2.91. The third-order valence-electron chi connectivity index (χ3n) is 4.84. The van der Waals surface area contributed by atoms with Gasteiger partial charge in [0.2, 0.25) is 0 Å². The molecule has 1 atom stereocenters. The smallest absolute Gasteiger partial charge is 0.305 e. The van der Waals surface area contributed by atoms with E-state index in [0.717, 1.165) is 28.3 Å². The van der Waals surface area contributed by atoms with Crippen LogP contribution in [0.4, 0.5) is 24.5 Å². The molecule has 0 N–H and O–H groups in total. The predicted molar refractivity (Wildman–Crippen MR) is 97.3 cm³/mol. The minimum atomic E-state index is -4.70. The van der Waals surface area contributed by atoms with E-state index in [1.54, 1.807) is 4.90 Å². The van der Waals surface area contributed by atoms with Gasteiger partial charge in [-0.1, -0.05) is 18.2 Å². The third kappa shape index (κ3) is 2.66. The molecular weight excluding hydrogens is 375 g/mol. The van der Waals surface area contributed by atoms with Crippen LogP contribution in [0.15, 0.2) is 42.5 Å². The Morgan fingerprint density at radius 1 is 1.19 bits per heavy atom. The van der Waals surface area contributed by atoms with E-state index in [1.807, 2.05) is 24.3 Å². The molecule has 4 nitrogen and oxygen atoms in total. The molecule has 0 bridgehead atoms. The second-order valence-corrected chi connectivity index (χ2v) is 6.71. The van der Waals surface area contributed by atoms with E-state index in [-0.39, 0.29) is 16.7 Å². The van der Waals surface area contributed by atoms with Crippen LogP contribution in [0.2, 0.25) is 0 Å². The SMILES string of the molecule is N#Cc1ccc(N2C(=O)C3CCc4ccccc4N3C2=S)cc1C(F)(F)F. The number of rotatable bonds is 1. The second-order valence-electron chi connectivity index (χ2n) is 6.35. The molecule has 2 heterocycles. The zero-order valence-electron chi connectivity index (χ0n) is 13.8. The molecule has 2 aromatic rings. The molecule has 2 aliphatic heterocycles. The van der Waals surface area contributed by atoms with Crippen molar-refractivity contribution >= 4 is 34.6 Å². The standard InChI is InChI=1S/C19H12F3N3OS/c20-19(21,22)14-9-13(7-5-12(14)10-23)24-17(26)16-8-6-11-3-1-2-4-15(11)25(16)18(24)27/h1-5,7,9,16H,6,8H2. The zero-order chi connectivity index (χ0) is 19.3. The first-order valence-corrected chi connectivity index (χ1v) is 8.60. The molecule has 2 aromatic carbocycles. The molecule has 0 aliphatic carbocycles. The maximum Gasteiger partial charge on any atom is 0.417 e. The summed E-state index contributed by atoms with van der Waals surface area (Å²) in [5.41, 5.74) is 0.291. The Kier molecular flexibility index (Phi) is 3.93. The summed E-state index contributed by atoms with van der Waals surface area (Å²) < 4.78 is 39.9. The number of carbonyl (C=O) groups excluding carboxylic acids is 1. The van der Waals surface area contributed by atoms with Crippen LogP contribution in [-0.2, 0) is 17.4 Å². The van der Waals surface area contributed by atoms with Gasteiger partial charge >= 0.3 is 6.18 Å². The van der Waals surface area contributed by atoms with Gasteiger partial charge in [-0.05, 0) is 54.9 Å². The molecule has 0 aromatic heterocycles. The van der Waals surface area contributed by atoms with Crippen LogP contribution >= 0.6 is 12.2 Å². The molecule has 0 saturated carbocycles. The van der Waals surface area contributed by atoms with Gasteiger partial charge in [0.05, 0.1) is 22.9 Å². The summed E-state index contributed by atoms with van der Waals surface area (Å²) >= 11 is 5.46. The summed E-state index contributed by atoms with van der Waals surface area (Å²) in [4.78, 5) is 15.8. The summed E-state index contributed by atoms with van der Waals surface area (Å²) in [6.45, 7) is 0. The van der Waals surface area contributed by atoms with E-state index in [2.05, 4.69) is 0 Å². The number of thiocarbonyl (C=S) groups is 1. The lowest BCUT2D eigenvalue weighted by Gasteiger charge is -2.30. The van der Waals surface area contributed by atoms with E-state index < -0.39 is 23.3 Å². The van der Waals surface area contributed by atoms with Gasteiger partial charge in [0.15, 0.2) is 5.11 Å². The molecule has 0 spiro atoms. The quantitative estimate of drug-likeness (QED) is 0.694. The highest BCUT2D eigenvalue weighted by Crippen LogP contribution is 2.40. The Hall–Kier alpha value is -2.92. The minimum absolute atomic E-state index is 0.0169. The molecule has 1 amide bonds. The number of anilines is 2. The molecule has 8 heteroatoms. The van der Waals surface area contributed by atoms with E-state index in [4.69, 9.17) is 17.5 Å². The lowest BCUT2D eigenvalue weighted by Crippen LogP contribution is -2.38. The van der Waals surface area contributed by atoms with Gasteiger partial charge in [-0.25, -0.2) is 0 Å². The number of para-hydroxylation sites is 1. The molecule has 1 saturated heterocycles. The van der Waals surface area contributed by atoms with Crippen molar-refractivity contribution in [1.29, 1.82) is 5.26 Å². The fourth-order valence-electron chi connectivity index (χ4n) is 3.61. The van der Waals surface area contributed by atoms with Gasteiger partial charge in [-0.15, -0.1) is 0 Å². The number of benzene rings is 2. The highest BCUT2D eigenvalue weighted by atomic mass is 32.1. The van der Waals surface area contributed by atoms with E-state index in [1.165, 1.54) is 12.1 Å². The Morgan fingerprint density at radius 3 is 2.63 bits per heavy atom. The van der Waals surface area contributed by atoms with Crippen molar-refractivity contribution in [3.05, 3.63) is 59.2 Å². The second kappa shape index (κ2) is 6.06. The number of nitriles is 1. The van der Waals surface area contributed by atoms with Crippen molar-refractivity contribution < 1.29 is 18.0 Å². The van der Waals surface area contributed by atoms with Crippen LogP contribution in [0.3, 0.4) is 0 Å². The van der Waals surface area contributed by atoms with Gasteiger partial charge in [-0.3, -0.25) is 9.69 Å². The van der Waals surface area contributed by atoms with E-state index in [0.29, 0.717) is 12.8 Å². The monoisotopic (exact) mass is 387 g/mol. The van der Waals surface area contributed by atoms with Gasteiger partial charge < -0.3 is 4.90 Å². The number of alkyl halides is 3. The summed E-state index contributed by atoms with van der Waals surface area (Å²) in [5, 5.41) is 9.10. The van der Waals surface area contributed by atoms with Gasteiger partial charge in [-0.2, -0.15) is 18.4 Å². The van der Waals surface area contributed by atoms with Crippen molar-refractivity contribution in [2.45, 2.75) is 25.1 Å². The van der Waals surface area contributed by atoms with Crippen LogP contribution < -0.4 is 9.80 Å². The number of hydrogen-bond donors (Lipinski definition) is 0. The highest BCUT2D eigenvalue weighted by molar-refractivity contribution is 7.81. The predicted octanol–water partition coefficient (Wildman–Crippen LogP) is 4.03. The number of fused-ring (bicyclic) bond motifs is 3. The molecule has 27 heavy (non-hydrogen) atoms. The Morgan fingerprint density at radius 2 is 1.93 bits per heavy atom. The largest absolute Gasteiger partial charge is 0.417 e. The lowest BCUT2D eigenvalue weighted by atomic mass is 9.97. The summed E-state index contributed by atoms with van der Waals surface area (Å²) in [6, 6.07) is 11.7. The summed E-state index contributed by atoms with van der Waals surface area (Å²) in [5.74, 6) is -0.354. The molecule has 4 rings (SSSR count). The van der Waals surface area contributed by atoms with Crippen LogP contribution in [0.25, 0.3) is 0 Å². The first kappa shape index (κ1) is 17.5. The van der Waals surface area contributed by atoms with Crippen molar-refractivity contribution in [2.24, 2.45) is 0 Å². The molecular formula is C19H12F3N3OS. The van der Waals surface area contributed by atoms with Crippen molar-refractivity contribution in [3.8, 4) is 6.07 Å². The minimum Gasteiger partial charge on any atom is -0.305 e. The Balaban J connectivity index is 1.80. The third-order valence-corrected chi connectivity index (χ3v) is 5.22. The molecule has 136 valence electrons. The fraction of sp³-hybridized carbons (Fsp3) is 0.211. The number of carbonyl (C=O) groups is 1. The van der Waals surface area contributed by atoms with Crippen LogP contribution in [-0.4, -0.2) is 17.1 Å². The number of halogens is 3. The maximum atomic E-state index is 13.3. The van der Waals surface area contributed by atoms with Crippen LogP contribution in [0.1, 0.15) is 23.1 Å². The van der Waals surface area contributed by atoms with Crippen LogP contribution in [0, 0.1) is 11.3 Å². The molecule has 1 fully saturated rings. The average molecular weight is 387 g/mol. The Bertz CT molecular complexity index is 1010. The normalized spacial score (nSPS) is 19.0. The summed E-state index contributed by atoms with van der Waals surface area (Å²) in [6.07, 6.45) is -3.47. The van der Waals surface area contributed by atoms with Crippen molar-refractivity contribution in [3.63, 3.8) is 0 Å². The number of hydrogen-bond acceptors (Lipinski definition) is 3. The topological polar surface area (TPSA) is 47.3 Å². The van der Waals surface area contributed by atoms with E-state index in [9.17, 15) is 18.0 Å². The van der Waals surface area contributed by atoms with Crippen LogP contribution in [0.5, 0.6) is 0 Å². The fourth-order valence-corrected chi connectivity index (χ4v) is 4.03. The van der Waals surface area contributed by atoms with Gasteiger partial charge in [0.1, 0.15) is 6.04 Å². The molecule has 2 aliphatic rings. The van der Waals surface area contributed by atoms with E-state index >= 15 is 0 Å². The number of amides is 1. The lowest BCUT2D eigenvalue weighted by molar-refractivity contribution is -0.137. The van der Waals surface area contributed by atoms with Gasteiger partial charge in [0.25, 0.3) is 5.91 Å². The molecule has 1 unspecified atom stereocenters. The Labute approximate surface area is 158 Å². The number of aryl methyl sites for hydroxylation is 1. The highest BCUT2D eigenvalue weighted by Gasteiger charge is 2.46. The summed E-state index contributed by atoms with van der Waals surface area (Å²) in [7, 11) is 0. The van der Waals surface area contributed by atoms with Crippen molar-refractivity contribution in [2.75, 3.05) is 9.80 Å².